The predicted molar refractivity (Wildman–Crippen MR) is 64.1 cm³/mol. The fourth-order valence-electron chi connectivity index (χ4n) is 1.57. The highest BCUT2D eigenvalue weighted by molar-refractivity contribution is 7.99. The fourth-order valence-corrected chi connectivity index (χ4v) is 3.25. The summed E-state index contributed by atoms with van der Waals surface area (Å²) >= 11 is 2.65. The van der Waals surface area contributed by atoms with Gasteiger partial charge in [0.1, 0.15) is 0 Å². The van der Waals surface area contributed by atoms with Gasteiger partial charge in [-0.15, -0.1) is 10.2 Å². The first-order valence-corrected chi connectivity index (χ1v) is 6.61. The first kappa shape index (κ1) is 10.5. The minimum atomic E-state index is -1.11. The van der Waals surface area contributed by atoms with Gasteiger partial charge >= 0.3 is 0 Å². The molecule has 0 aliphatic rings. The molecule has 3 aromatic rings. The van der Waals surface area contributed by atoms with Gasteiger partial charge in [-0.2, -0.15) is 0 Å². The Balaban J connectivity index is 2.15. The molecule has 0 unspecified atom stereocenters. The van der Waals surface area contributed by atoms with E-state index in [4.69, 9.17) is 0 Å². The number of carboxylic acids is 1. The van der Waals surface area contributed by atoms with Gasteiger partial charge in [0.25, 0.3) is 0 Å². The van der Waals surface area contributed by atoms with Crippen molar-refractivity contribution in [2.24, 2.45) is 0 Å². The molecule has 17 heavy (non-hydrogen) atoms. The molecule has 0 spiro atoms. The lowest BCUT2D eigenvalue weighted by Gasteiger charge is -1.99. The minimum absolute atomic E-state index is 0.120. The molecule has 86 valence electrons. The maximum Gasteiger partial charge on any atom is 0.217 e. The first-order chi connectivity index (χ1) is 8.25. The monoisotopic (exact) mass is 264 g/mol. The SMILES string of the molecule is O=C([O-])CSc1nnc2sc3ccccc3n12. The largest absolute Gasteiger partial charge is 0.549 e. The Morgan fingerprint density at radius 3 is 3.06 bits per heavy atom. The van der Waals surface area contributed by atoms with Crippen molar-refractivity contribution in [1.82, 2.24) is 14.6 Å². The molecule has 0 fully saturated rings. The Kier molecular flexibility index (Phi) is 2.49. The lowest BCUT2D eigenvalue weighted by molar-refractivity contribution is -0.301. The van der Waals surface area contributed by atoms with E-state index in [1.54, 1.807) is 0 Å². The number of carbonyl (C=O) groups is 1. The van der Waals surface area contributed by atoms with Crippen LogP contribution >= 0.6 is 23.1 Å². The van der Waals surface area contributed by atoms with Gasteiger partial charge in [0, 0.05) is 5.75 Å². The maximum atomic E-state index is 10.4. The Hall–Kier alpha value is -1.60. The first-order valence-electron chi connectivity index (χ1n) is 4.81. The predicted octanol–water partition coefficient (Wildman–Crippen LogP) is 0.786. The molecule has 0 bridgehead atoms. The van der Waals surface area contributed by atoms with Crippen LogP contribution in [0.3, 0.4) is 0 Å². The van der Waals surface area contributed by atoms with E-state index in [0.29, 0.717) is 5.16 Å². The normalized spacial score (nSPS) is 11.3. The van der Waals surface area contributed by atoms with Crippen LogP contribution in [0.2, 0.25) is 0 Å². The summed E-state index contributed by atoms with van der Waals surface area (Å²) in [5.41, 5.74) is 0.998. The van der Waals surface area contributed by atoms with Gasteiger partial charge in [0.15, 0.2) is 5.16 Å². The quantitative estimate of drug-likeness (QED) is 0.654. The summed E-state index contributed by atoms with van der Waals surface area (Å²) < 4.78 is 2.97. The van der Waals surface area contributed by atoms with E-state index in [0.717, 1.165) is 26.9 Å². The van der Waals surface area contributed by atoms with Crippen LogP contribution in [0, 0.1) is 0 Å². The number of hydrogen-bond acceptors (Lipinski definition) is 6. The summed E-state index contributed by atoms with van der Waals surface area (Å²) in [7, 11) is 0. The van der Waals surface area contributed by atoms with Crippen LogP contribution in [0.15, 0.2) is 29.4 Å². The van der Waals surface area contributed by atoms with E-state index in [9.17, 15) is 9.90 Å². The van der Waals surface area contributed by atoms with Crippen LogP contribution in [0.5, 0.6) is 0 Å². The molecule has 2 aromatic heterocycles. The summed E-state index contributed by atoms with van der Waals surface area (Å²) in [6, 6.07) is 7.86. The highest BCUT2D eigenvalue weighted by Gasteiger charge is 2.11. The van der Waals surface area contributed by atoms with E-state index in [1.807, 2.05) is 28.7 Å². The zero-order valence-corrected chi connectivity index (χ0v) is 10.1. The maximum absolute atomic E-state index is 10.4. The molecular weight excluding hydrogens is 258 g/mol. The van der Waals surface area contributed by atoms with Crippen molar-refractivity contribution in [3.63, 3.8) is 0 Å². The molecule has 5 nitrogen and oxygen atoms in total. The third-order valence-corrected chi connectivity index (χ3v) is 4.14. The van der Waals surface area contributed by atoms with Gasteiger partial charge < -0.3 is 9.90 Å². The van der Waals surface area contributed by atoms with Crippen molar-refractivity contribution in [3.05, 3.63) is 24.3 Å². The summed E-state index contributed by atoms with van der Waals surface area (Å²) in [6.45, 7) is 0. The van der Waals surface area contributed by atoms with Crippen molar-refractivity contribution in [1.29, 1.82) is 0 Å². The number of hydrogen-bond donors (Lipinski definition) is 0. The Bertz CT molecular complexity index is 704. The molecule has 3 rings (SSSR count). The third-order valence-electron chi connectivity index (χ3n) is 2.23. The molecule has 0 amide bonds. The zero-order chi connectivity index (χ0) is 11.8. The zero-order valence-electron chi connectivity index (χ0n) is 8.49. The highest BCUT2D eigenvalue weighted by atomic mass is 32.2. The van der Waals surface area contributed by atoms with Crippen molar-refractivity contribution in [2.45, 2.75) is 5.16 Å². The van der Waals surface area contributed by atoms with Crippen molar-refractivity contribution in [3.8, 4) is 0 Å². The fraction of sp³-hybridized carbons (Fsp3) is 0.100. The molecule has 0 N–H and O–H groups in total. The van der Waals surface area contributed by atoms with Gasteiger partial charge in [0.2, 0.25) is 4.96 Å². The number of rotatable bonds is 3. The lowest BCUT2D eigenvalue weighted by Crippen LogP contribution is -2.24. The number of carboxylic acid groups (broad SMARTS) is 1. The minimum Gasteiger partial charge on any atom is -0.549 e. The van der Waals surface area contributed by atoms with Crippen LogP contribution in [-0.4, -0.2) is 26.3 Å². The Labute approximate surface area is 104 Å². The summed E-state index contributed by atoms with van der Waals surface area (Å²) in [4.78, 5) is 11.2. The molecule has 0 saturated heterocycles. The molecule has 0 aliphatic heterocycles. The van der Waals surface area contributed by atoms with Gasteiger partial charge in [-0.05, 0) is 12.1 Å². The molecular formula is C10H6N3O2S2-. The molecule has 1 aromatic carbocycles. The van der Waals surface area contributed by atoms with Crippen LogP contribution in [0.4, 0.5) is 0 Å². The molecule has 7 heteroatoms. The van der Waals surface area contributed by atoms with Crippen LogP contribution in [0.25, 0.3) is 15.2 Å². The van der Waals surface area contributed by atoms with E-state index in [1.165, 1.54) is 11.3 Å². The van der Waals surface area contributed by atoms with Crippen molar-refractivity contribution in [2.75, 3.05) is 5.75 Å². The second kappa shape index (κ2) is 4.01. The molecule has 0 saturated carbocycles. The summed E-state index contributed by atoms with van der Waals surface area (Å²) in [5.74, 6) is -1.23. The van der Waals surface area contributed by atoms with E-state index < -0.39 is 5.97 Å². The number of fused-ring (bicyclic) bond motifs is 3. The number of nitrogens with zero attached hydrogens (tertiary/aromatic N) is 3. The van der Waals surface area contributed by atoms with E-state index in [-0.39, 0.29) is 5.75 Å². The average molecular weight is 264 g/mol. The standard InChI is InChI=1S/C10H7N3O2S2/c14-8(15)5-16-9-11-12-10-13(9)6-3-1-2-4-7(6)17-10/h1-4H,5H2,(H,14,15)/p-1. The summed E-state index contributed by atoms with van der Waals surface area (Å²) in [5, 5.41) is 19.0. The number of thiazole rings is 1. The average Bonchev–Trinajstić information content (AvgIpc) is 2.84. The summed E-state index contributed by atoms with van der Waals surface area (Å²) in [6.07, 6.45) is 0. The van der Waals surface area contributed by atoms with Crippen LogP contribution in [-0.2, 0) is 4.79 Å². The molecule has 0 aliphatic carbocycles. The van der Waals surface area contributed by atoms with E-state index >= 15 is 0 Å². The number of para-hydroxylation sites is 1. The van der Waals surface area contributed by atoms with Crippen LogP contribution in [0.1, 0.15) is 0 Å². The second-order valence-electron chi connectivity index (χ2n) is 3.33. The lowest BCUT2D eigenvalue weighted by atomic mass is 10.3. The number of benzene rings is 1. The van der Waals surface area contributed by atoms with E-state index in [2.05, 4.69) is 10.2 Å². The number of carbonyl (C=O) groups excluding carboxylic acids is 1. The Morgan fingerprint density at radius 2 is 2.24 bits per heavy atom. The smallest absolute Gasteiger partial charge is 0.217 e. The Morgan fingerprint density at radius 1 is 1.41 bits per heavy atom. The number of thioether (sulfide) groups is 1. The van der Waals surface area contributed by atoms with Crippen molar-refractivity contribution < 1.29 is 9.90 Å². The third kappa shape index (κ3) is 1.77. The topological polar surface area (TPSA) is 70.3 Å². The molecule has 0 radical (unpaired) electrons. The highest BCUT2D eigenvalue weighted by Crippen LogP contribution is 2.29. The second-order valence-corrected chi connectivity index (χ2v) is 5.28. The van der Waals surface area contributed by atoms with Crippen molar-refractivity contribution >= 4 is 44.2 Å². The number of aliphatic carboxylic acids is 1. The molecule has 0 atom stereocenters. The van der Waals surface area contributed by atoms with Gasteiger partial charge in [-0.1, -0.05) is 35.2 Å². The number of aromatic nitrogens is 3. The van der Waals surface area contributed by atoms with Crippen LogP contribution < -0.4 is 5.11 Å². The molecule has 2 heterocycles. The van der Waals surface area contributed by atoms with Gasteiger partial charge in [-0.3, -0.25) is 4.40 Å². The van der Waals surface area contributed by atoms with Gasteiger partial charge in [0.05, 0.1) is 16.2 Å². The van der Waals surface area contributed by atoms with Gasteiger partial charge in [-0.25, -0.2) is 0 Å².